The van der Waals surface area contributed by atoms with Crippen molar-refractivity contribution in [3.8, 4) is 0 Å². The molecular formula is C15H20ClFN2O3. The molecule has 1 aromatic rings. The summed E-state index contributed by atoms with van der Waals surface area (Å²) in [4.78, 5) is 14.5. The van der Waals surface area contributed by atoms with Crippen LogP contribution in [0.4, 0.5) is 4.39 Å². The van der Waals surface area contributed by atoms with E-state index in [0.29, 0.717) is 43.4 Å². The molecule has 1 atom stereocenters. The fourth-order valence-corrected chi connectivity index (χ4v) is 2.81. The zero-order valence-electron chi connectivity index (χ0n) is 12.5. The van der Waals surface area contributed by atoms with E-state index in [1.807, 2.05) is 0 Å². The normalized spacial score (nSPS) is 19.5. The van der Waals surface area contributed by atoms with Crippen molar-refractivity contribution < 1.29 is 19.0 Å². The van der Waals surface area contributed by atoms with Gasteiger partial charge in [-0.1, -0.05) is 17.7 Å². The number of likely N-dealkylation sites (N-methyl/N-ethyl adjacent to an activating group) is 1. The molecule has 1 saturated heterocycles. The van der Waals surface area contributed by atoms with Crippen LogP contribution >= 0.6 is 11.6 Å². The molecule has 0 bridgehead atoms. The van der Waals surface area contributed by atoms with Gasteiger partial charge in [-0.3, -0.25) is 14.6 Å². The third-order valence-corrected chi connectivity index (χ3v) is 3.94. The Hall–Kier alpha value is -1.21. The van der Waals surface area contributed by atoms with Crippen LogP contribution in [0.2, 0.25) is 5.02 Å². The maximum atomic E-state index is 13.8. The summed E-state index contributed by atoms with van der Waals surface area (Å²) < 4.78 is 19.5. The minimum Gasteiger partial charge on any atom is -0.480 e. The van der Waals surface area contributed by atoms with E-state index >= 15 is 0 Å². The summed E-state index contributed by atoms with van der Waals surface area (Å²) in [5, 5.41) is 9.19. The molecule has 7 heteroatoms. The summed E-state index contributed by atoms with van der Waals surface area (Å²) in [5.74, 6) is -1.17. The van der Waals surface area contributed by atoms with Crippen molar-refractivity contribution >= 4 is 17.6 Å². The Morgan fingerprint density at radius 3 is 3.05 bits per heavy atom. The highest BCUT2D eigenvalue weighted by atomic mass is 35.5. The largest absolute Gasteiger partial charge is 0.480 e. The molecule has 0 amide bonds. The maximum Gasteiger partial charge on any atom is 0.317 e. The van der Waals surface area contributed by atoms with Crippen molar-refractivity contribution in [3.05, 3.63) is 34.6 Å². The molecule has 0 saturated carbocycles. The van der Waals surface area contributed by atoms with Crippen molar-refractivity contribution in [1.29, 1.82) is 0 Å². The second-order valence-corrected chi connectivity index (χ2v) is 5.93. The molecular weight excluding hydrogens is 311 g/mol. The molecule has 1 heterocycles. The van der Waals surface area contributed by atoms with Crippen molar-refractivity contribution in [2.45, 2.75) is 12.6 Å². The molecule has 0 spiro atoms. The van der Waals surface area contributed by atoms with Crippen LogP contribution in [-0.2, 0) is 16.1 Å². The Bertz CT molecular complexity index is 509. The number of rotatable bonds is 6. The van der Waals surface area contributed by atoms with Gasteiger partial charge < -0.3 is 9.84 Å². The van der Waals surface area contributed by atoms with Crippen molar-refractivity contribution in [3.63, 3.8) is 0 Å². The first-order chi connectivity index (χ1) is 10.5. The molecule has 1 N–H and O–H groups in total. The number of aliphatic carboxylic acids is 1. The van der Waals surface area contributed by atoms with Crippen LogP contribution in [-0.4, -0.2) is 66.8 Å². The number of hydrogen-bond acceptors (Lipinski definition) is 4. The smallest absolute Gasteiger partial charge is 0.317 e. The lowest BCUT2D eigenvalue weighted by Crippen LogP contribution is -2.47. The SMILES string of the molecule is CN(CC(=O)O)CC1CN(Cc2c(F)cccc2Cl)CCO1. The summed E-state index contributed by atoms with van der Waals surface area (Å²) in [6.07, 6.45) is -0.0938. The second kappa shape index (κ2) is 7.87. The fraction of sp³-hybridized carbons (Fsp3) is 0.533. The number of ether oxygens (including phenoxy) is 1. The Balaban J connectivity index is 1.92. The minimum atomic E-state index is -0.867. The molecule has 1 aliphatic rings. The number of halogens is 2. The van der Waals surface area contributed by atoms with Gasteiger partial charge in [0.1, 0.15) is 5.82 Å². The molecule has 1 aliphatic heterocycles. The van der Waals surface area contributed by atoms with Crippen LogP contribution in [0.25, 0.3) is 0 Å². The van der Waals surface area contributed by atoms with Crippen LogP contribution in [0.3, 0.4) is 0 Å². The Labute approximate surface area is 134 Å². The van der Waals surface area contributed by atoms with Gasteiger partial charge in [0.05, 0.1) is 19.3 Å². The zero-order chi connectivity index (χ0) is 16.1. The van der Waals surface area contributed by atoms with Crippen LogP contribution in [0, 0.1) is 5.82 Å². The molecule has 5 nitrogen and oxygen atoms in total. The van der Waals surface area contributed by atoms with Gasteiger partial charge in [-0.25, -0.2) is 4.39 Å². The number of nitrogens with zero attached hydrogens (tertiary/aromatic N) is 2. The third kappa shape index (κ3) is 4.91. The number of benzene rings is 1. The first-order valence-corrected chi connectivity index (χ1v) is 7.50. The lowest BCUT2D eigenvalue weighted by molar-refractivity contribution is -0.138. The van der Waals surface area contributed by atoms with Gasteiger partial charge >= 0.3 is 5.97 Å². The van der Waals surface area contributed by atoms with E-state index in [9.17, 15) is 9.18 Å². The topological polar surface area (TPSA) is 53.0 Å². The predicted octanol–water partition coefficient (Wildman–Crippen LogP) is 1.70. The summed E-state index contributed by atoms with van der Waals surface area (Å²) in [6.45, 7) is 2.77. The molecule has 1 aromatic carbocycles. The molecule has 22 heavy (non-hydrogen) atoms. The monoisotopic (exact) mass is 330 g/mol. The van der Waals surface area contributed by atoms with Crippen molar-refractivity contribution in [2.24, 2.45) is 0 Å². The molecule has 0 radical (unpaired) electrons. The average Bonchev–Trinajstić information content (AvgIpc) is 2.42. The first-order valence-electron chi connectivity index (χ1n) is 7.13. The molecule has 0 aliphatic carbocycles. The van der Waals surface area contributed by atoms with E-state index in [1.54, 1.807) is 24.1 Å². The Morgan fingerprint density at radius 1 is 1.59 bits per heavy atom. The average molecular weight is 331 g/mol. The van der Waals surface area contributed by atoms with E-state index in [2.05, 4.69) is 4.90 Å². The number of carbonyl (C=O) groups is 1. The third-order valence-electron chi connectivity index (χ3n) is 3.59. The minimum absolute atomic E-state index is 0.0288. The van der Waals surface area contributed by atoms with Crippen LogP contribution < -0.4 is 0 Å². The molecule has 122 valence electrons. The van der Waals surface area contributed by atoms with Crippen LogP contribution in [0.15, 0.2) is 18.2 Å². The van der Waals surface area contributed by atoms with Gasteiger partial charge in [0.25, 0.3) is 0 Å². The van der Waals surface area contributed by atoms with E-state index in [-0.39, 0.29) is 18.5 Å². The van der Waals surface area contributed by atoms with Crippen LogP contribution in [0.5, 0.6) is 0 Å². The fourth-order valence-electron chi connectivity index (χ4n) is 2.58. The van der Waals surface area contributed by atoms with E-state index in [4.69, 9.17) is 21.4 Å². The molecule has 2 rings (SSSR count). The van der Waals surface area contributed by atoms with Crippen molar-refractivity contribution in [1.82, 2.24) is 9.80 Å². The number of carboxylic acids is 1. The highest BCUT2D eigenvalue weighted by Gasteiger charge is 2.23. The maximum absolute atomic E-state index is 13.8. The number of morpholine rings is 1. The van der Waals surface area contributed by atoms with Gasteiger partial charge in [-0.15, -0.1) is 0 Å². The summed E-state index contributed by atoms with van der Waals surface area (Å²) in [7, 11) is 1.74. The highest BCUT2D eigenvalue weighted by Crippen LogP contribution is 2.21. The zero-order valence-corrected chi connectivity index (χ0v) is 13.2. The summed E-state index contributed by atoms with van der Waals surface area (Å²) in [5.41, 5.74) is 0.490. The van der Waals surface area contributed by atoms with Gasteiger partial charge in [0.2, 0.25) is 0 Å². The number of carboxylic acid groups (broad SMARTS) is 1. The Kier molecular flexibility index (Phi) is 6.14. The van der Waals surface area contributed by atoms with Gasteiger partial charge in [0, 0.05) is 36.8 Å². The van der Waals surface area contributed by atoms with E-state index in [0.717, 1.165) is 0 Å². The summed E-state index contributed by atoms with van der Waals surface area (Å²) >= 11 is 6.06. The van der Waals surface area contributed by atoms with Crippen LogP contribution in [0.1, 0.15) is 5.56 Å². The molecule has 0 aromatic heterocycles. The Morgan fingerprint density at radius 2 is 2.36 bits per heavy atom. The van der Waals surface area contributed by atoms with Gasteiger partial charge in [-0.2, -0.15) is 0 Å². The molecule has 1 unspecified atom stereocenters. The quantitative estimate of drug-likeness (QED) is 0.860. The van der Waals surface area contributed by atoms with Gasteiger partial charge in [0.15, 0.2) is 0 Å². The number of hydrogen-bond donors (Lipinski definition) is 1. The summed E-state index contributed by atoms with van der Waals surface area (Å²) in [6, 6.07) is 4.67. The van der Waals surface area contributed by atoms with Crippen molar-refractivity contribution in [2.75, 3.05) is 39.8 Å². The van der Waals surface area contributed by atoms with E-state index < -0.39 is 5.97 Å². The second-order valence-electron chi connectivity index (χ2n) is 5.52. The lowest BCUT2D eigenvalue weighted by atomic mass is 10.1. The standard InChI is InChI=1S/C15H20ClFN2O3/c1-18(10-15(20)21)7-11-8-19(5-6-22-11)9-12-13(16)3-2-4-14(12)17/h2-4,11H,5-10H2,1H3,(H,20,21). The predicted molar refractivity (Wildman–Crippen MR) is 81.6 cm³/mol. The first kappa shape index (κ1) is 17.1. The van der Waals surface area contributed by atoms with Gasteiger partial charge in [-0.05, 0) is 19.2 Å². The highest BCUT2D eigenvalue weighted by molar-refractivity contribution is 6.31. The molecule has 1 fully saturated rings. The van der Waals surface area contributed by atoms with E-state index in [1.165, 1.54) is 6.07 Å². The lowest BCUT2D eigenvalue weighted by Gasteiger charge is -2.34.